The van der Waals surface area contributed by atoms with Crippen molar-refractivity contribution in [3.63, 3.8) is 0 Å². The Balaban J connectivity index is 2.05. The first-order valence-electron chi connectivity index (χ1n) is 9.41. The van der Waals surface area contributed by atoms with Crippen LogP contribution in [0.15, 0.2) is 77.6 Å². The van der Waals surface area contributed by atoms with Crippen molar-refractivity contribution >= 4 is 0 Å². The Morgan fingerprint density at radius 1 is 0.893 bits per heavy atom. The second kappa shape index (κ2) is 7.64. The minimum atomic E-state index is -0.221. The Morgan fingerprint density at radius 3 is 2.11 bits per heavy atom. The van der Waals surface area contributed by atoms with Crippen molar-refractivity contribution in [2.75, 3.05) is 0 Å². The monoisotopic (exact) mass is 370 g/mol. The molecule has 0 aliphatic carbocycles. The summed E-state index contributed by atoms with van der Waals surface area (Å²) in [5.74, 6) is 0.433. The van der Waals surface area contributed by atoms with E-state index in [0.717, 1.165) is 34.6 Å². The molecule has 0 fully saturated rings. The minimum Gasteiger partial charge on any atom is -0.268 e. The molecule has 2 aromatic carbocycles. The highest BCUT2D eigenvalue weighted by Crippen LogP contribution is 2.39. The highest BCUT2D eigenvalue weighted by molar-refractivity contribution is 5.90. The predicted molar refractivity (Wildman–Crippen MR) is 112 cm³/mol. The molecule has 0 aliphatic heterocycles. The number of H-pyrrole nitrogens is 1. The van der Waals surface area contributed by atoms with E-state index in [1.165, 1.54) is 6.07 Å². The highest BCUT2D eigenvalue weighted by Gasteiger charge is 2.23. The van der Waals surface area contributed by atoms with Crippen LogP contribution in [-0.2, 0) is 6.54 Å². The van der Waals surface area contributed by atoms with Crippen molar-refractivity contribution in [2.45, 2.75) is 20.4 Å². The summed E-state index contributed by atoms with van der Waals surface area (Å²) in [6, 6.07) is 23.6. The van der Waals surface area contributed by atoms with Crippen LogP contribution >= 0.6 is 0 Å². The van der Waals surface area contributed by atoms with Gasteiger partial charge in [-0.25, -0.2) is 5.10 Å². The van der Waals surface area contributed by atoms with E-state index in [0.29, 0.717) is 11.6 Å². The number of hydrogen-bond donors (Lipinski definition) is 1. The zero-order valence-electron chi connectivity index (χ0n) is 16.0. The van der Waals surface area contributed by atoms with Gasteiger partial charge in [0.05, 0.1) is 17.0 Å². The van der Waals surface area contributed by atoms with Crippen LogP contribution < -0.4 is 5.56 Å². The first kappa shape index (κ1) is 17.9. The van der Waals surface area contributed by atoms with E-state index in [1.54, 1.807) is 6.07 Å². The van der Waals surface area contributed by atoms with Gasteiger partial charge in [0.1, 0.15) is 5.69 Å². The number of rotatable bonds is 5. The third-order valence-electron chi connectivity index (χ3n) is 4.52. The molecule has 1 N–H and O–H groups in total. The molecular weight excluding hydrogens is 348 g/mol. The SMILES string of the molecule is CC(C)Cn1nc(-c2ccccc2)c(-c2ccc(=O)[nH]n2)c1-c1ccccc1. The van der Waals surface area contributed by atoms with Gasteiger partial charge in [0, 0.05) is 23.7 Å². The Bertz CT molecular complexity index is 1110. The Kier molecular flexibility index (Phi) is 4.89. The zero-order chi connectivity index (χ0) is 19.5. The molecule has 0 unspecified atom stereocenters. The van der Waals surface area contributed by atoms with Crippen LogP contribution in [0.3, 0.4) is 0 Å². The number of benzene rings is 2. The summed E-state index contributed by atoms with van der Waals surface area (Å²) >= 11 is 0. The fourth-order valence-corrected chi connectivity index (χ4v) is 3.35. The van der Waals surface area contributed by atoms with Crippen LogP contribution in [0, 0.1) is 5.92 Å². The maximum atomic E-state index is 11.6. The van der Waals surface area contributed by atoms with Gasteiger partial charge >= 0.3 is 0 Å². The smallest absolute Gasteiger partial charge is 0.264 e. The first-order chi connectivity index (χ1) is 13.6. The number of aromatic nitrogens is 4. The average molecular weight is 370 g/mol. The van der Waals surface area contributed by atoms with Crippen LogP contribution in [0.5, 0.6) is 0 Å². The first-order valence-corrected chi connectivity index (χ1v) is 9.41. The minimum absolute atomic E-state index is 0.221. The van der Waals surface area contributed by atoms with Gasteiger partial charge in [-0.3, -0.25) is 9.48 Å². The van der Waals surface area contributed by atoms with Gasteiger partial charge in [-0.05, 0) is 12.0 Å². The van der Waals surface area contributed by atoms with Crippen molar-refractivity contribution in [3.05, 3.63) is 83.2 Å². The van der Waals surface area contributed by atoms with Crippen molar-refractivity contribution in [3.8, 4) is 33.8 Å². The van der Waals surface area contributed by atoms with Crippen molar-refractivity contribution < 1.29 is 0 Å². The maximum absolute atomic E-state index is 11.6. The summed E-state index contributed by atoms with van der Waals surface area (Å²) in [4.78, 5) is 11.6. The third kappa shape index (κ3) is 3.51. The number of nitrogens with zero attached hydrogens (tertiary/aromatic N) is 3. The van der Waals surface area contributed by atoms with Crippen molar-refractivity contribution in [2.24, 2.45) is 5.92 Å². The molecule has 5 heteroatoms. The molecule has 0 saturated carbocycles. The van der Waals surface area contributed by atoms with Crippen LogP contribution in [0.1, 0.15) is 13.8 Å². The molecule has 0 atom stereocenters. The van der Waals surface area contributed by atoms with Crippen LogP contribution in [0.2, 0.25) is 0 Å². The van der Waals surface area contributed by atoms with E-state index in [9.17, 15) is 4.79 Å². The number of nitrogens with one attached hydrogen (secondary N) is 1. The standard InChI is InChI=1S/C23H22N4O/c1-16(2)15-27-23(18-11-7-4-8-12-18)21(19-13-14-20(28)25-24-19)22(26-27)17-9-5-3-6-10-17/h3-14,16H,15H2,1-2H3,(H,25,28). The largest absolute Gasteiger partial charge is 0.268 e. The van der Waals surface area contributed by atoms with Gasteiger partial charge in [-0.15, -0.1) is 0 Å². The summed E-state index contributed by atoms with van der Waals surface area (Å²) in [5.41, 5.74) is 5.36. The normalized spacial score (nSPS) is 11.1. The fraction of sp³-hybridized carbons (Fsp3) is 0.174. The Labute approximate surface area is 163 Å². The second-order valence-electron chi connectivity index (χ2n) is 7.19. The van der Waals surface area contributed by atoms with E-state index >= 15 is 0 Å². The van der Waals surface area contributed by atoms with Crippen LogP contribution in [0.4, 0.5) is 0 Å². The molecule has 0 bridgehead atoms. The van der Waals surface area contributed by atoms with E-state index < -0.39 is 0 Å². The quantitative estimate of drug-likeness (QED) is 0.557. The molecule has 28 heavy (non-hydrogen) atoms. The van der Waals surface area contributed by atoms with E-state index in [4.69, 9.17) is 5.10 Å². The molecule has 4 rings (SSSR count). The molecule has 140 valence electrons. The lowest BCUT2D eigenvalue weighted by Crippen LogP contribution is -2.08. The van der Waals surface area contributed by atoms with Gasteiger partial charge in [0.15, 0.2) is 0 Å². The van der Waals surface area contributed by atoms with E-state index in [1.807, 2.05) is 48.5 Å². The summed E-state index contributed by atoms with van der Waals surface area (Å²) in [7, 11) is 0. The summed E-state index contributed by atoms with van der Waals surface area (Å²) in [6.45, 7) is 5.14. The van der Waals surface area contributed by atoms with Gasteiger partial charge in [-0.2, -0.15) is 10.2 Å². The molecule has 0 amide bonds. The Hall–Kier alpha value is -3.47. The lowest BCUT2D eigenvalue weighted by molar-refractivity contribution is 0.488. The molecule has 0 saturated heterocycles. The van der Waals surface area contributed by atoms with Crippen molar-refractivity contribution in [1.82, 2.24) is 20.0 Å². The van der Waals surface area contributed by atoms with Crippen LogP contribution in [0.25, 0.3) is 33.8 Å². The molecular formula is C23H22N4O. The fourth-order valence-electron chi connectivity index (χ4n) is 3.35. The zero-order valence-corrected chi connectivity index (χ0v) is 16.0. The molecule has 2 heterocycles. The average Bonchev–Trinajstić information content (AvgIpc) is 3.08. The number of aromatic amines is 1. The third-order valence-corrected chi connectivity index (χ3v) is 4.52. The molecule has 0 spiro atoms. The number of hydrogen-bond acceptors (Lipinski definition) is 3. The van der Waals surface area contributed by atoms with E-state index in [-0.39, 0.29) is 5.56 Å². The van der Waals surface area contributed by atoms with E-state index in [2.05, 4.69) is 40.9 Å². The van der Waals surface area contributed by atoms with Gasteiger partial charge in [-0.1, -0.05) is 74.5 Å². The van der Waals surface area contributed by atoms with Gasteiger partial charge in [0.2, 0.25) is 0 Å². The molecule has 2 aromatic heterocycles. The van der Waals surface area contributed by atoms with Crippen LogP contribution in [-0.4, -0.2) is 20.0 Å². The molecule has 0 radical (unpaired) electrons. The Morgan fingerprint density at radius 2 is 1.54 bits per heavy atom. The predicted octanol–water partition coefficient (Wildman–Crippen LogP) is 4.62. The van der Waals surface area contributed by atoms with Gasteiger partial charge < -0.3 is 0 Å². The highest BCUT2D eigenvalue weighted by atomic mass is 16.1. The summed E-state index contributed by atoms with van der Waals surface area (Å²) < 4.78 is 2.06. The lowest BCUT2D eigenvalue weighted by atomic mass is 9.99. The summed E-state index contributed by atoms with van der Waals surface area (Å²) in [5, 5.41) is 11.9. The topological polar surface area (TPSA) is 63.6 Å². The lowest BCUT2D eigenvalue weighted by Gasteiger charge is -2.11. The van der Waals surface area contributed by atoms with Crippen molar-refractivity contribution in [1.29, 1.82) is 0 Å². The maximum Gasteiger partial charge on any atom is 0.264 e. The summed E-state index contributed by atoms with van der Waals surface area (Å²) in [6.07, 6.45) is 0. The second-order valence-corrected chi connectivity index (χ2v) is 7.19. The molecule has 0 aliphatic rings. The molecule has 4 aromatic rings. The van der Waals surface area contributed by atoms with Gasteiger partial charge in [0.25, 0.3) is 5.56 Å². The molecule has 5 nitrogen and oxygen atoms in total.